The van der Waals surface area contributed by atoms with Gasteiger partial charge in [-0.25, -0.2) is 9.97 Å². The van der Waals surface area contributed by atoms with Crippen LogP contribution in [0.15, 0.2) is 18.3 Å². The predicted molar refractivity (Wildman–Crippen MR) is 115 cm³/mol. The van der Waals surface area contributed by atoms with Crippen LogP contribution in [0.5, 0.6) is 0 Å². The van der Waals surface area contributed by atoms with Gasteiger partial charge in [0.1, 0.15) is 5.82 Å². The van der Waals surface area contributed by atoms with Crippen molar-refractivity contribution in [2.75, 3.05) is 11.4 Å². The van der Waals surface area contributed by atoms with E-state index in [0.717, 1.165) is 49.9 Å². The highest BCUT2D eigenvalue weighted by molar-refractivity contribution is 6.33. The quantitative estimate of drug-likeness (QED) is 0.789. The number of aromatic nitrogens is 2. The third-order valence-corrected chi connectivity index (χ3v) is 6.80. The van der Waals surface area contributed by atoms with Crippen LogP contribution >= 0.6 is 11.6 Å². The molecule has 0 spiro atoms. The summed E-state index contributed by atoms with van der Waals surface area (Å²) in [5, 5.41) is 14.7. The number of rotatable bonds is 4. The molecule has 1 aliphatic heterocycles. The van der Waals surface area contributed by atoms with Gasteiger partial charge >= 0.3 is 0 Å². The van der Waals surface area contributed by atoms with Gasteiger partial charge < -0.3 is 15.3 Å². The highest BCUT2D eigenvalue weighted by Crippen LogP contribution is 2.34. The van der Waals surface area contributed by atoms with Gasteiger partial charge in [0.05, 0.1) is 16.2 Å². The van der Waals surface area contributed by atoms with E-state index in [1.807, 2.05) is 26.0 Å². The van der Waals surface area contributed by atoms with Crippen molar-refractivity contribution >= 4 is 34.4 Å². The molecule has 2 aliphatic rings. The van der Waals surface area contributed by atoms with Crippen molar-refractivity contribution in [1.82, 2.24) is 15.3 Å². The van der Waals surface area contributed by atoms with Crippen molar-refractivity contribution in [2.24, 2.45) is 5.92 Å². The van der Waals surface area contributed by atoms with E-state index >= 15 is 0 Å². The lowest BCUT2D eigenvalue weighted by atomic mass is 9.77. The van der Waals surface area contributed by atoms with Crippen molar-refractivity contribution in [3.63, 3.8) is 0 Å². The van der Waals surface area contributed by atoms with Crippen LogP contribution in [0.3, 0.4) is 0 Å². The SMILES string of the molecule is CC1CCN1c1nc2ncc(C(=O)NC3CCC(C(C)(C)O)CC3)cc2cc1Cl. The van der Waals surface area contributed by atoms with Crippen LogP contribution in [0.25, 0.3) is 11.0 Å². The van der Waals surface area contributed by atoms with Crippen LogP contribution < -0.4 is 10.2 Å². The Morgan fingerprint density at radius 1 is 1.24 bits per heavy atom. The van der Waals surface area contributed by atoms with Gasteiger partial charge in [0.15, 0.2) is 5.65 Å². The Labute approximate surface area is 176 Å². The maximum atomic E-state index is 12.7. The van der Waals surface area contributed by atoms with E-state index in [1.165, 1.54) is 0 Å². The number of halogens is 1. The smallest absolute Gasteiger partial charge is 0.253 e. The molecule has 0 bridgehead atoms. The second-order valence-electron chi connectivity index (χ2n) is 9.07. The molecule has 2 N–H and O–H groups in total. The molecular weight excluding hydrogens is 388 g/mol. The van der Waals surface area contributed by atoms with Gasteiger partial charge in [-0.2, -0.15) is 0 Å². The Hall–Kier alpha value is -1.92. The number of fused-ring (bicyclic) bond motifs is 1. The lowest BCUT2D eigenvalue weighted by Crippen LogP contribution is -2.46. The third kappa shape index (κ3) is 4.19. The zero-order chi connectivity index (χ0) is 20.8. The summed E-state index contributed by atoms with van der Waals surface area (Å²) in [5.41, 5.74) is 0.465. The Morgan fingerprint density at radius 3 is 2.55 bits per heavy atom. The fraction of sp³-hybridized carbons (Fsp3) is 0.591. The van der Waals surface area contributed by atoms with E-state index < -0.39 is 5.60 Å². The van der Waals surface area contributed by atoms with Gasteiger partial charge in [-0.15, -0.1) is 0 Å². The first-order valence-corrected chi connectivity index (χ1v) is 10.9. The number of nitrogens with zero attached hydrogens (tertiary/aromatic N) is 3. The van der Waals surface area contributed by atoms with Gasteiger partial charge in [0.2, 0.25) is 0 Å². The molecule has 1 saturated carbocycles. The lowest BCUT2D eigenvalue weighted by Gasteiger charge is -2.40. The number of aliphatic hydroxyl groups is 1. The molecule has 29 heavy (non-hydrogen) atoms. The Balaban J connectivity index is 1.45. The molecule has 1 unspecified atom stereocenters. The largest absolute Gasteiger partial charge is 0.390 e. The predicted octanol–water partition coefficient (Wildman–Crippen LogP) is 3.94. The molecule has 2 fully saturated rings. The third-order valence-electron chi connectivity index (χ3n) is 6.52. The number of nitrogens with one attached hydrogen (secondary N) is 1. The molecule has 1 aliphatic carbocycles. The van der Waals surface area contributed by atoms with Crippen molar-refractivity contribution in [1.29, 1.82) is 0 Å². The van der Waals surface area contributed by atoms with Crippen molar-refractivity contribution in [2.45, 2.75) is 70.6 Å². The first-order chi connectivity index (χ1) is 13.7. The van der Waals surface area contributed by atoms with Crippen LogP contribution in [0.2, 0.25) is 5.02 Å². The van der Waals surface area contributed by atoms with Gasteiger partial charge in [0.25, 0.3) is 5.91 Å². The molecular formula is C22H29ClN4O2. The average molecular weight is 417 g/mol. The molecule has 156 valence electrons. The van der Waals surface area contributed by atoms with E-state index in [-0.39, 0.29) is 17.9 Å². The monoisotopic (exact) mass is 416 g/mol. The van der Waals surface area contributed by atoms with Gasteiger partial charge in [-0.3, -0.25) is 4.79 Å². The molecule has 0 aromatic carbocycles. The highest BCUT2D eigenvalue weighted by atomic mass is 35.5. The Kier molecular flexibility index (Phi) is 5.42. The number of amides is 1. The fourth-order valence-electron chi connectivity index (χ4n) is 4.40. The molecule has 1 saturated heterocycles. The topological polar surface area (TPSA) is 78.4 Å². The molecule has 4 rings (SSSR count). The number of carbonyl (C=O) groups excluding carboxylic acids is 1. The fourth-order valence-corrected chi connectivity index (χ4v) is 4.67. The number of hydrogen-bond acceptors (Lipinski definition) is 5. The van der Waals surface area contributed by atoms with Crippen molar-refractivity contribution < 1.29 is 9.90 Å². The second-order valence-corrected chi connectivity index (χ2v) is 9.48. The van der Waals surface area contributed by atoms with Crippen LogP contribution in [0, 0.1) is 5.92 Å². The molecule has 3 heterocycles. The summed E-state index contributed by atoms with van der Waals surface area (Å²) in [7, 11) is 0. The van der Waals surface area contributed by atoms with Gasteiger partial charge in [0, 0.05) is 30.2 Å². The van der Waals surface area contributed by atoms with Crippen molar-refractivity contribution in [3.8, 4) is 0 Å². The van der Waals surface area contributed by atoms with E-state index in [4.69, 9.17) is 11.6 Å². The maximum Gasteiger partial charge on any atom is 0.253 e. The first kappa shape index (κ1) is 20.4. The van der Waals surface area contributed by atoms with Crippen molar-refractivity contribution in [3.05, 3.63) is 28.9 Å². The van der Waals surface area contributed by atoms with Crippen LogP contribution in [0.4, 0.5) is 5.82 Å². The maximum absolute atomic E-state index is 12.7. The molecule has 2 aromatic rings. The summed E-state index contributed by atoms with van der Waals surface area (Å²) < 4.78 is 0. The summed E-state index contributed by atoms with van der Waals surface area (Å²) in [4.78, 5) is 23.9. The summed E-state index contributed by atoms with van der Waals surface area (Å²) >= 11 is 6.46. The minimum atomic E-state index is -0.657. The first-order valence-electron chi connectivity index (χ1n) is 10.5. The minimum absolute atomic E-state index is 0.123. The van der Waals surface area contributed by atoms with Gasteiger partial charge in [-0.05, 0) is 70.9 Å². The molecule has 2 aromatic heterocycles. The Bertz CT molecular complexity index is 919. The summed E-state index contributed by atoms with van der Waals surface area (Å²) in [6.45, 7) is 6.84. The summed E-state index contributed by atoms with van der Waals surface area (Å²) in [6.07, 6.45) is 6.33. The van der Waals surface area contributed by atoms with E-state index in [0.29, 0.717) is 22.3 Å². The normalized spacial score (nSPS) is 25.0. The zero-order valence-electron chi connectivity index (χ0n) is 17.3. The standard InChI is InChI=1S/C22H29ClN4O2/c1-13-8-9-27(13)20-18(23)11-14-10-15(12-24-19(14)26-20)21(28)25-17-6-4-16(5-7-17)22(2,3)29/h10-13,16-17,29H,4-9H2,1-3H3,(H,25,28). The van der Waals surface area contributed by atoms with Crippen LogP contribution in [0.1, 0.15) is 63.2 Å². The summed E-state index contributed by atoms with van der Waals surface area (Å²) in [6, 6.07) is 4.23. The average Bonchev–Trinajstić information content (AvgIpc) is 2.66. The summed E-state index contributed by atoms with van der Waals surface area (Å²) in [5.74, 6) is 0.934. The van der Waals surface area contributed by atoms with Gasteiger partial charge in [-0.1, -0.05) is 11.6 Å². The van der Waals surface area contributed by atoms with Crippen LogP contribution in [-0.4, -0.2) is 45.2 Å². The Morgan fingerprint density at radius 2 is 1.97 bits per heavy atom. The second kappa shape index (κ2) is 7.73. The molecule has 0 radical (unpaired) electrons. The molecule has 6 nitrogen and oxygen atoms in total. The molecule has 1 atom stereocenters. The van der Waals surface area contributed by atoms with E-state index in [1.54, 1.807) is 6.20 Å². The molecule has 1 amide bonds. The number of pyridine rings is 2. The number of hydrogen-bond donors (Lipinski definition) is 2. The van der Waals surface area contributed by atoms with E-state index in [9.17, 15) is 9.90 Å². The van der Waals surface area contributed by atoms with E-state index in [2.05, 4.69) is 27.1 Å². The van der Waals surface area contributed by atoms with Crippen LogP contribution in [-0.2, 0) is 0 Å². The number of anilines is 1. The number of carbonyl (C=O) groups is 1. The lowest BCUT2D eigenvalue weighted by molar-refractivity contribution is -0.00257. The highest BCUT2D eigenvalue weighted by Gasteiger charge is 2.32. The molecule has 7 heteroatoms. The zero-order valence-corrected chi connectivity index (χ0v) is 18.0. The minimum Gasteiger partial charge on any atom is -0.390 e.